The molecular formula is C12H18ClN3O2S. The first-order chi connectivity index (χ1) is 8.96. The first-order valence-corrected chi connectivity index (χ1v) is 8.52. The summed E-state index contributed by atoms with van der Waals surface area (Å²) in [5.74, 6) is 0.313. The van der Waals surface area contributed by atoms with E-state index in [1.54, 1.807) is 12.4 Å². The minimum atomic E-state index is -3.12. The van der Waals surface area contributed by atoms with Crippen LogP contribution in [0.15, 0.2) is 18.5 Å². The van der Waals surface area contributed by atoms with Gasteiger partial charge in [-0.2, -0.15) is 0 Å². The summed E-state index contributed by atoms with van der Waals surface area (Å²) in [5, 5.41) is 0.638. The minimum Gasteiger partial charge on any atom is -0.370 e. The number of pyridine rings is 1. The molecule has 2 heterocycles. The molecule has 1 atom stereocenters. The number of nitrogens with one attached hydrogen (secondary N) is 1. The summed E-state index contributed by atoms with van der Waals surface area (Å²) in [6.07, 6.45) is 6.61. The van der Waals surface area contributed by atoms with Crippen molar-refractivity contribution in [2.45, 2.75) is 12.8 Å². The topological polar surface area (TPSA) is 62.3 Å². The molecule has 1 saturated heterocycles. The van der Waals surface area contributed by atoms with Gasteiger partial charge in [-0.3, -0.25) is 4.98 Å². The lowest BCUT2D eigenvalue weighted by Crippen LogP contribution is -2.40. The largest absolute Gasteiger partial charge is 0.370 e. The minimum absolute atomic E-state index is 0.313. The fraction of sp³-hybridized carbons (Fsp3) is 0.583. The van der Waals surface area contributed by atoms with Crippen LogP contribution in [0.1, 0.15) is 12.8 Å². The zero-order chi connectivity index (χ0) is 13.9. The van der Waals surface area contributed by atoms with Gasteiger partial charge in [-0.15, -0.1) is 0 Å². The Balaban J connectivity index is 1.99. The molecule has 1 aromatic heterocycles. The lowest BCUT2D eigenvalue weighted by atomic mass is 9.98. The number of anilines is 1. The van der Waals surface area contributed by atoms with Gasteiger partial charge in [0, 0.05) is 32.0 Å². The molecule has 0 radical (unpaired) electrons. The third kappa shape index (κ3) is 4.33. The van der Waals surface area contributed by atoms with Crippen LogP contribution in [0, 0.1) is 5.92 Å². The van der Waals surface area contributed by atoms with Crippen molar-refractivity contribution >= 4 is 27.3 Å². The summed E-state index contributed by atoms with van der Waals surface area (Å²) < 4.78 is 24.8. The fourth-order valence-corrected chi connectivity index (χ4v) is 3.12. The molecule has 5 nitrogen and oxygen atoms in total. The Bertz CT molecular complexity index is 536. The molecule has 0 saturated carbocycles. The van der Waals surface area contributed by atoms with Crippen molar-refractivity contribution in [3.05, 3.63) is 23.5 Å². The van der Waals surface area contributed by atoms with Gasteiger partial charge in [0.1, 0.15) is 0 Å². The van der Waals surface area contributed by atoms with Gasteiger partial charge in [0.15, 0.2) is 0 Å². The maximum atomic E-state index is 11.1. The summed E-state index contributed by atoms with van der Waals surface area (Å²) >= 11 is 6.14. The molecule has 106 valence electrons. The lowest BCUT2D eigenvalue weighted by molar-refractivity contribution is 0.411. The standard InChI is InChI=1S/C12H18ClN3O2S/c1-19(17,18)15-7-10-3-2-6-16(9-10)12-4-5-14-8-11(12)13/h4-5,8,10,15H,2-3,6-7,9H2,1H3. The van der Waals surface area contributed by atoms with Gasteiger partial charge in [-0.25, -0.2) is 13.1 Å². The Kier molecular flexibility index (Phi) is 4.65. The van der Waals surface area contributed by atoms with Gasteiger partial charge < -0.3 is 4.90 Å². The van der Waals surface area contributed by atoms with Crippen LogP contribution in [0.4, 0.5) is 5.69 Å². The number of rotatable bonds is 4. The van der Waals surface area contributed by atoms with Crippen molar-refractivity contribution in [1.29, 1.82) is 0 Å². The second kappa shape index (κ2) is 6.07. The summed E-state index contributed by atoms with van der Waals surface area (Å²) in [4.78, 5) is 6.17. The van der Waals surface area contributed by atoms with Crippen molar-refractivity contribution in [1.82, 2.24) is 9.71 Å². The van der Waals surface area contributed by atoms with Crippen molar-refractivity contribution < 1.29 is 8.42 Å². The quantitative estimate of drug-likeness (QED) is 0.915. The van der Waals surface area contributed by atoms with Crippen LogP contribution in [-0.4, -0.2) is 39.3 Å². The zero-order valence-electron chi connectivity index (χ0n) is 10.8. The molecule has 1 aliphatic heterocycles. The van der Waals surface area contributed by atoms with Gasteiger partial charge in [-0.05, 0) is 24.8 Å². The zero-order valence-corrected chi connectivity index (χ0v) is 12.4. The van der Waals surface area contributed by atoms with Gasteiger partial charge in [-0.1, -0.05) is 11.6 Å². The summed E-state index contributed by atoms with van der Waals surface area (Å²) in [7, 11) is -3.12. The van der Waals surface area contributed by atoms with Crippen molar-refractivity contribution in [3.63, 3.8) is 0 Å². The van der Waals surface area contributed by atoms with E-state index in [9.17, 15) is 8.42 Å². The van der Waals surface area contributed by atoms with E-state index in [0.29, 0.717) is 17.5 Å². The van der Waals surface area contributed by atoms with Gasteiger partial charge >= 0.3 is 0 Å². The molecular weight excluding hydrogens is 286 g/mol. The molecule has 1 N–H and O–H groups in total. The maximum absolute atomic E-state index is 11.1. The highest BCUT2D eigenvalue weighted by Gasteiger charge is 2.22. The highest BCUT2D eigenvalue weighted by molar-refractivity contribution is 7.88. The highest BCUT2D eigenvalue weighted by atomic mass is 35.5. The summed E-state index contributed by atoms with van der Waals surface area (Å²) in [5.41, 5.74) is 0.973. The van der Waals surface area contributed by atoms with Gasteiger partial charge in [0.2, 0.25) is 10.0 Å². The molecule has 19 heavy (non-hydrogen) atoms. The lowest BCUT2D eigenvalue weighted by Gasteiger charge is -2.34. The SMILES string of the molecule is CS(=O)(=O)NCC1CCCN(c2ccncc2Cl)C1. The first-order valence-electron chi connectivity index (χ1n) is 6.25. The normalized spacial score (nSPS) is 20.5. The van der Waals surface area contributed by atoms with Crippen LogP contribution >= 0.6 is 11.6 Å². The number of nitrogens with zero attached hydrogens (tertiary/aromatic N) is 2. The number of hydrogen-bond acceptors (Lipinski definition) is 4. The molecule has 0 bridgehead atoms. The molecule has 0 spiro atoms. The predicted octanol–water partition coefficient (Wildman–Crippen LogP) is 1.50. The molecule has 1 unspecified atom stereocenters. The second-order valence-electron chi connectivity index (χ2n) is 4.90. The Hall–Kier alpha value is -0.850. The van der Waals surface area contributed by atoms with E-state index >= 15 is 0 Å². The van der Waals surface area contributed by atoms with Crippen LogP contribution in [0.2, 0.25) is 5.02 Å². The molecule has 1 aromatic rings. The van der Waals surface area contributed by atoms with Crippen LogP contribution in [0.25, 0.3) is 0 Å². The van der Waals surface area contributed by atoms with E-state index in [0.717, 1.165) is 31.6 Å². The number of piperidine rings is 1. The van der Waals surface area contributed by atoms with Crippen LogP contribution in [0.3, 0.4) is 0 Å². The van der Waals surface area contributed by atoms with E-state index in [1.165, 1.54) is 6.26 Å². The Morgan fingerprint density at radius 1 is 1.58 bits per heavy atom. The van der Waals surface area contributed by atoms with E-state index in [2.05, 4.69) is 14.6 Å². The number of halogens is 1. The summed E-state index contributed by atoms with van der Waals surface area (Å²) in [6.45, 7) is 2.24. The third-order valence-corrected chi connectivity index (χ3v) is 4.23. The average molecular weight is 304 g/mol. The Morgan fingerprint density at radius 2 is 2.37 bits per heavy atom. The van der Waals surface area contributed by atoms with Crippen LogP contribution < -0.4 is 9.62 Å². The van der Waals surface area contributed by atoms with E-state index in [1.807, 2.05) is 6.07 Å². The molecule has 7 heteroatoms. The molecule has 0 amide bonds. The van der Waals surface area contributed by atoms with Crippen molar-refractivity contribution in [2.75, 3.05) is 30.8 Å². The van der Waals surface area contributed by atoms with Crippen LogP contribution in [-0.2, 0) is 10.0 Å². The van der Waals surface area contributed by atoms with Crippen molar-refractivity contribution in [3.8, 4) is 0 Å². The number of sulfonamides is 1. The number of hydrogen-bond donors (Lipinski definition) is 1. The highest BCUT2D eigenvalue weighted by Crippen LogP contribution is 2.28. The molecule has 0 aromatic carbocycles. The monoisotopic (exact) mass is 303 g/mol. The molecule has 1 aliphatic rings. The molecule has 1 fully saturated rings. The summed E-state index contributed by atoms with van der Waals surface area (Å²) in [6, 6.07) is 1.90. The fourth-order valence-electron chi connectivity index (χ4n) is 2.34. The first kappa shape index (κ1) is 14.6. The van der Waals surface area contributed by atoms with Gasteiger partial charge in [0.25, 0.3) is 0 Å². The van der Waals surface area contributed by atoms with Crippen molar-refractivity contribution in [2.24, 2.45) is 5.92 Å². The third-order valence-electron chi connectivity index (χ3n) is 3.24. The average Bonchev–Trinajstić information content (AvgIpc) is 2.36. The van der Waals surface area contributed by atoms with Crippen LogP contribution in [0.5, 0.6) is 0 Å². The second-order valence-corrected chi connectivity index (χ2v) is 7.14. The Morgan fingerprint density at radius 3 is 3.05 bits per heavy atom. The smallest absolute Gasteiger partial charge is 0.208 e. The predicted molar refractivity (Wildman–Crippen MR) is 77.0 cm³/mol. The maximum Gasteiger partial charge on any atom is 0.208 e. The Labute approximate surface area is 119 Å². The molecule has 0 aliphatic carbocycles. The van der Waals surface area contributed by atoms with E-state index in [4.69, 9.17) is 11.6 Å². The number of aromatic nitrogens is 1. The van der Waals surface area contributed by atoms with E-state index < -0.39 is 10.0 Å². The van der Waals surface area contributed by atoms with E-state index in [-0.39, 0.29) is 0 Å². The molecule has 2 rings (SSSR count). The van der Waals surface area contributed by atoms with Gasteiger partial charge in [0.05, 0.1) is 17.0 Å².